The van der Waals surface area contributed by atoms with Crippen molar-refractivity contribution in [3.05, 3.63) is 17.1 Å². The molecule has 2 nitrogen and oxygen atoms in total. The second-order valence-corrected chi connectivity index (χ2v) is 6.25. The van der Waals surface area contributed by atoms with Crippen molar-refractivity contribution in [1.82, 2.24) is 10.2 Å². The van der Waals surface area contributed by atoms with Crippen LogP contribution in [0.4, 0.5) is 0 Å². The molecular formula is C14H20N2S. The van der Waals surface area contributed by atoms with E-state index in [1.165, 1.54) is 61.6 Å². The number of fused-ring (bicyclic) bond motifs is 1. The van der Waals surface area contributed by atoms with Crippen molar-refractivity contribution in [2.75, 3.05) is 0 Å². The molecule has 92 valence electrons. The topological polar surface area (TPSA) is 28.7 Å². The van der Waals surface area contributed by atoms with Crippen molar-refractivity contribution < 1.29 is 0 Å². The van der Waals surface area contributed by atoms with Gasteiger partial charge in [-0.25, -0.2) is 0 Å². The maximum atomic E-state index is 4.29. The van der Waals surface area contributed by atoms with E-state index in [-0.39, 0.29) is 0 Å². The highest BCUT2D eigenvalue weighted by Gasteiger charge is 2.16. The molecule has 0 aromatic carbocycles. The van der Waals surface area contributed by atoms with Gasteiger partial charge in [-0.1, -0.05) is 38.5 Å². The van der Waals surface area contributed by atoms with Gasteiger partial charge in [0.15, 0.2) is 0 Å². The first-order valence-corrected chi connectivity index (χ1v) is 7.68. The zero-order valence-corrected chi connectivity index (χ0v) is 11.1. The average molecular weight is 248 g/mol. The summed E-state index contributed by atoms with van der Waals surface area (Å²) >= 11 is 1.89. The predicted octanol–water partition coefficient (Wildman–Crippen LogP) is 4.84. The molecule has 1 aliphatic rings. The Labute approximate surface area is 106 Å². The first-order valence-electron chi connectivity index (χ1n) is 6.87. The van der Waals surface area contributed by atoms with Gasteiger partial charge in [-0.15, -0.1) is 11.3 Å². The van der Waals surface area contributed by atoms with Crippen LogP contribution in [-0.2, 0) is 0 Å². The summed E-state index contributed by atoms with van der Waals surface area (Å²) in [5.41, 5.74) is 0. The maximum Gasteiger partial charge on any atom is 0.145 e. The van der Waals surface area contributed by atoms with Gasteiger partial charge in [0, 0.05) is 16.5 Å². The normalized spacial score (nSPS) is 20.0. The zero-order chi connectivity index (χ0) is 11.5. The lowest BCUT2D eigenvalue weighted by molar-refractivity contribution is 0.547. The standard InChI is InChI=1S/C14H20N2S/c1-2-4-6-8-11(7-5-3-1)13-9-12-10-15-16-14(12)17-13/h9-11H,1-8H2,(H,15,16). The molecule has 2 aromatic heterocycles. The van der Waals surface area contributed by atoms with Crippen molar-refractivity contribution in [2.45, 2.75) is 57.3 Å². The van der Waals surface area contributed by atoms with Crippen LogP contribution in [0.25, 0.3) is 10.2 Å². The first kappa shape index (κ1) is 11.3. The van der Waals surface area contributed by atoms with Gasteiger partial charge in [0.2, 0.25) is 0 Å². The van der Waals surface area contributed by atoms with E-state index in [0.717, 1.165) is 5.92 Å². The highest BCUT2D eigenvalue weighted by atomic mass is 32.1. The molecule has 3 heteroatoms. The molecular weight excluding hydrogens is 228 g/mol. The number of nitrogens with zero attached hydrogens (tertiary/aromatic N) is 1. The maximum absolute atomic E-state index is 4.29. The summed E-state index contributed by atoms with van der Waals surface area (Å²) in [6.07, 6.45) is 13.4. The summed E-state index contributed by atoms with van der Waals surface area (Å²) in [5, 5.41) is 8.52. The molecule has 2 aromatic rings. The molecule has 0 radical (unpaired) electrons. The van der Waals surface area contributed by atoms with Crippen LogP contribution in [0.15, 0.2) is 12.3 Å². The third kappa shape index (κ3) is 2.54. The number of nitrogens with one attached hydrogen (secondary N) is 1. The van der Waals surface area contributed by atoms with Gasteiger partial charge < -0.3 is 0 Å². The van der Waals surface area contributed by atoms with Crippen LogP contribution in [0.1, 0.15) is 62.2 Å². The van der Waals surface area contributed by atoms with Gasteiger partial charge in [-0.2, -0.15) is 5.10 Å². The predicted molar refractivity (Wildman–Crippen MR) is 73.6 cm³/mol. The largest absolute Gasteiger partial charge is 0.284 e. The van der Waals surface area contributed by atoms with E-state index in [1.807, 2.05) is 17.5 Å². The van der Waals surface area contributed by atoms with Crippen LogP contribution in [0, 0.1) is 0 Å². The molecule has 0 aliphatic heterocycles. The molecule has 1 N–H and O–H groups in total. The molecule has 1 saturated carbocycles. The molecule has 2 heterocycles. The minimum atomic E-state index is 0.798. The molecule has 0 amide bonds. The monoisotopic (exact) mass is 248 g/mol. The van der Waals surface area contributed by atoms with Crippen LogP contribution in [0.5, 0.6) is 0 Å². The van der Waals surface area contributed by atoms with Gasteiger partial charge in [-0.3, -0.25) is 5.10 Å². The Hall–Kier alpha value is -0.830. The SMILES string of the molecule is c1[nH]nc2sc(C3CCCCCCCC3)cc12. The van der Waals surface area contributed by atoms with Gasteiger partial charge in [0.1, 0.15) is 4.83 Å². The van der Waals surface area contributed by atoms with Gasteiger partial charge >= 0.3 is 0 Å². The van der Waals surface area contributed by atoms with Crippen molar-refractivity contribution >= 4 is 21.6 Å². The summed E-state index contributed by atoms with van der Waals surface area (Å²) in [7, 11) is 0. The lowest BCUT2D eigenvalue weighted by atomic mass is 9.95. The number of hydrogen-bond donors (Lipinski definition) is 1. The molecule has 0 spiro atoms. The number of H-pyrrole nitrogens is 1. The quantitative estimate of drug-likeness (QED) is 0.768. The summed E-state index contributed by atoms with van der Waals surface area (Å²) in [6, 6.07) is 2.35. The van der Waals surface area contributed by atoms with Crippen LogP contribution >= 0.6 is 11.3 Å². The average Bonchev–Trinajstić information content (AvgIpc) is 2.92. The fraction of sp³-hybridized carbons (Fsp3) is 0.643. The van der Waals surface area contributed by atoms with Crippen molar-refractivity contribution in [3.63, 3.8) is 0 Å². The minimum absolute atomic E-state index is 0.798. The molecule has 0 saturated heterocycles. The fourth-order valence-corrected chi connectivity index (χ4v) is 4.03. The Balaban J connectivity index is 1.78. The third-order valence-corrected chi connectivity index (χ3v) is 5.11. The minimum Gasteiger partial charge on any atom is -0.284 e. The van der Waals surface area contributed by atoms with Crippen molar-refractivity contribution in [1.29, 1.82) is 0 Å². The smallest absolute Gasteiger partial charge is 0.145 e. The lowest BCUT2D eigenvalue weighted by Crippen LogP contribution is -1.95. The Morgan fingerprint density at radius 3 is 2.47 bits per heavy atom. The van der Waals surface area contributed by atoms with Crippen molar-refractivity contribution in [2.24, 2.45) is 0 Å². The van der Waals surface area contributed by atoms with Crippen LogP contribution in [0.3, 0.4) is 0 Å². The second-order valence-electron chi connectivity index (χ2n) is 5.19. The Morgan fingerprint density at radius 2 is 1.76 bits per heavy atom. The number of aromatic nitrogens is 2. The number of rotatable bonds is 1. The highest BCUT2D eigenvalue weighted by molar-refractivity contribution is 7.18. The summed E-state index contributed by atoms with van der Waals surface area (Å²) < 4.78 is 0. The number of hydrogen-bond acceptors (Lipinski definition) is 2. The van der Waals surface area contributed by atoms with Crippen LogP contribution < -0.4 is 0 Å². The van der Waals surface area contributed by atoms with Gasteiger partial charge in [-0.05, 0) is 24.8 Å². The van der Waals surface area contributed by atoms with E-state index in [0.29, 0.717) is 0 Å². The van der Waals surface area contributed by atoms with E-state index in [9.17, 15) is 0 Å². The molecule has 17 heavy (non-hydrogen) atoms. The van der Waals surface area contributed by atoms with E-state index in [1.54, 1.807) is 4.88 Å². The van der Waals surface area contributed by atoms with Gasteiger partial charge in [0.05, 0.1) is 0 Å². The number of aromatic amines is 1. The molecule has 0 bridgehead atoms. The highest BCUT2D eigenvalue weighted by Crippen LogP contribution is 2.36. The van der Waals surface area contributed by atoms with E-state index in [4.69, 9.17) is 0 Å². The first-order chi connectivity index (χ1) is 8.43. The number of thiophene rings is 1. The van der Waals surface area contributed by atoms with E-state index < -0.39 is 0 Å². The Morgan fingerprint density at radius 1 is 1.06 bits per heavy atom. The summed E-state index contributed by atoms with van der Waals surface area (Å²) in [5.74, 6) is 0.798. The zero-order valence-electron chi connectivity index (χ0n) is 10.2. The van der Waals surface area contributed by atoms with Crippen molar-refractivity contribution in [3.8, 4) is 0 Å². The second kappa shape index (κ2) is 5.21. The molecule has 1 fully saturated rings. The molecule has 0 unspecified atom stereocenters. The molecule has 0 atom stereocenters. The summed E-state index contributed by atoms with van der Waals surface area (Å²) in [4.78, 5) is 2.75. The van der Waals surface area contributed by atoms with Crippen LogP contribution in [-0.4, -0.2) is 10.2 Å². The summed E-state index contributed by atoms with van der Waals surface area (Å²) in [6.45, 7) is 0. The van der Waals surface area contributed by atoms with Crippen LogP contribution in [0.2, 0.25) is 0 Å². The van der Waals surface area contributed by atoms with E-state index >= 15 is 0 Å². The Kier molecular flexibility index (Phi) is 3.46. The molecule has 3 rings (SSSR count). The van der Waals surface area contributed by atoms with Gasteiger partial charge in [0.25, 0.3) is 0 Å². The molecule has 1 aliphatic carbocycles. The fourth-order valence-electron chi connectivity index (χ4n) is 2.88. The van der Waals surface area contributed by atoms with E-state index in [2.05, 4.69) is 16.3 Å². The Bertz CT molecular complexity index is 433. The lowest BCUT2D eigenvalue weighted by Gasteiger charge is -2.13. The third-order valence-electron chi connectivity index (χ3n) is 3.90.